The predicted molar refractivity (Wildman–Crippen MR) is 35.6 cm³/mol. The maximum atomic E-state index is 9.80. The van der Waals surface area contributed by atoms with Gasteiger partial charge in [-0.1, -0.05) is 0 Å². The Hall–Kier alpha value is 2.11. The summed E-state index contributed by atoms with van der Waals surface area (Å²) in [6.45, 7) is 0. The van der Waals surface area contributed by atoms with Crippen molar-refractivity contribution in [1.82, 2.24) is 0 Å². The molecule has 0 saturated carbocycles. The molecule has 1 atom stereocenters. The first kappa shape index (κ1) is 16.6. The molecule has 0 fully saturated rings. The fourth-order valence-corrected chi connectivity index (χ4v) is 0.144. The van der Waals surface area contributed by atoms with E-state index in [2.05, 4.69) is 15.0 Å². The van der Waals surface area contributed by atoms with Crippen LogP contribution in [0.25, 0.3) is 0 Å². The molecule has 1 unspecified atom stereocenters. The van der Waals surface area contributed by atoms with Crippen LogP contribution in [0.15, 0.2) is 0 Å². The summed E-state index contributed by atoms with van der Waals surface area (Å²) in [5.74, 6) is 4.39. The van der Waals surface area contributed by atoms with Crippen LogP contribution in [0.4, 0.5) is 0 Å². The van der Waals surface area contributed by atoms with Crippen molar-refractivity contribution in [2.24, 2.45) is 5.90 Å². The van der Waals surface area contributed by atoms with Crippen molar-refractivity contribution in [3.8, 4) is 0 Å². The van der Waals surface area contributed by atoms with Crippen LogP contribution in [-0.2, 0) is 13.7 Å². The monoisotopic (exact) mass is 159 g/mol. The Labute approximate surface area is 93.0 Å². The first-order chi connectivity index (χ1) is 2.81. The summed E-state index contributed by atoms with van der Waals surface area (Å²) in [6.07, 6.45) is 0. The van der Waals surface area contributed by atoms with Crippen LogP contribution in [0, 0.1) is 0 Å². The van der Waals surface area contributed by atoms with E-state index >= 15 is 0 Å². The molecular weight excluding hydrogens is 151 g/mol. The molecule has 0 saturated heterocycles. The van der Waals surface area contributed by atoms with Gasteiger partial charge in [-0.25, -0.2) is 10.5 Å². The zero-order valence-corrected chi connectivity index (χ0v) is 4.30. The summed E-state index contributed by atoms with van der Waals surface area (Å²) in [5.41, 5.74) is 0. The third kappa shape index (κ3) is 11.0. The third-order valence-electron chi connectivity index (χ3n) is 0.263. The van der Waals surface area contributed by atoms with Crippen molar-refractivity contribution in [1.29, 1.82) is 0 Å². The minimum absolute atomic E-state index is 0. The van der Waals surface area contributed by atoms with Gasteiger partial charge in [0.1, 0.15) is 0 Å². The Kier molecular flexibility index (Phi) is 24.6. The summed E-state index contributed by atoms with van der Waals surface area (Å²) in [6, 6.07) is 0. The second kappa shape index (κ2) is 11.9. The molecule has 4 nitrogen and oxygen atoms in total. The second-order valence-electron chi connectivity index (χ2n) is 0.572. The molecule has 0 aliphatic rings. The van der Waals surface area contributed by atoms with Crippen molar-refractivity contribution in [3.63, 3.8) is 0 Å². The molecular formula is CH8NNa2O3P. The van der Waals surface area contributed by atoms with Gasteiger partial charge in [0.05, 0.1) is 0 Å². The molecule has 0 bridgehead atoms. The van der Waals surface area contributed by atoms with Gasteiger partial charge in [0.15, 0.2) is 0 Å². The van der Waals surface area contributed by atoms with Crippen LogP contribution in [0.2, 0.25) is 0 Å². The molecule has 0 aromatic rings. The Bertz CT molecular complexity index is 55.2. The van der Waals surface area contributed by atoms with Gasteiger partial charge in [-0.15, -0.1) is 0 Å². The van der Waals surface area contributed by atoms with Crippen LogP contribution < -0.4 is 5.90 Å². The molecule has 0 rings (SSSR count). The van der Waals surface area contributed by atoms with Gasteiger partial charge in [-0.3, -0.25) is 4.57 Å². The topological polar surface area (TPSA) is 61.5 Å². The SMILES string of the molecule is CO[PH](=O)ON.[NaH].[NaH]. The first-order valence-electron chi connectivity index (χ1n) is 1.26. The minimum atomic E-state index is -2.34. The van der Waals surface area contributed by atoms with Crippen molar-refractivity contribution in [2.45, 2.75) is 0 Å². The molecule has 0 aliphatic carbocycles. The van der Waals surface area contributed by atoms with E-state index in [4.69, 9.17) is 0 Å². The van der Waals surface area contributed by atoms with E-state index in [-0.39, 0.29) is 59.1 Å². The summed E-state index contributed by atoms with van der Waals surface area (Å²) in [5, 5.41) is 0. The van der Waals surface area contributed by atoms with Gasteiger partial charge in [0.2, 0.25) is 0 Å². The molecule has 2 N–H and O–H groups in total. The van der Waals surface area contributed by atoms with Crippen LogP contribution in [0.1, 0.15) is 0 Å². The van der Waals surface area contributed by atoms with Gasteiger partial charge in [0.25, 0.3) is 0 Å². The van der Waals surface area contributed by atoms with E-state index in [9.17, 15) is 4.57 Å². The third-order valence-corrected chi connectivity index (χ3v) is 0.789. The molecule has 0 aromatic heterocycles. The zero-order valence-electron chi connectivity index (χ0n) is 3.30. The second-order valence-corrected chi connectivity index (χ2v) is 1.72. The van der Waals surface area contributed by atoms with E-state index in [1.807, 2.05) is 0 Å². The maximum absolute atomic E-state index is 9.80. The quantitative estimate of drug-likeness (QED) is 0.306. The van der Waals surface area contributed by atoms with Crippen LogP contribution >= 0.6 is 8.25 Å². The summed E-state index contributed by atoms with van der Waals surface area (Å²) < 4.78 is 17.6. The molecule has 7 heteroatoms. The Morgan fingerprint density at radius 3 is 1.88 bits per heavy atom. The molecule has 0 amide bonds. The standard InChI is InChI=1S/CH6NO3P.2Na.2H/c1-4-6(3)5-2;;;;/h6H,2H2,1H3;;;;. The molecule has 0 aromatic carbocycles. The summed E-state index contributed by atoms with van der Waals surface area (Å²) in [7, 11) is -1.08. The molecule has 0 aliphatic heterocycles. The number of rotatable bonds is 2. The average Bonchev–Trinajstić information content (AvgIpc) is 1.65. The van der Waals surface area contributed by atoms with E-state index in [0.717, 1.165) is 0 Å². The molecule has 0 heterocycles. The van der Waals surface area contributed by atoms with Gasteiger partial charge >= 0.3 is 67.4 Å². The average molecular weight is 159 g/mol. The van der Waals surface area contributed by atoms with Gasteiger partial charge in [-0.2, -0.15) is 0 Å². The normalized spacial score (nSPS) is 10.8. The molecule has 8 heavy (non-hydrogen) atoms. The number of hydrogen-bond acceptors (Lipinski definition) is 4. The van der Waals surface area contributed by atoms with Crippen LogP contribution in [0.5, 0.6) is 0 Å². The van der Waals surface area contributed by atoms with Crippen molar-refractivity contribution in [3.05, 3.63) is 0 Å². The summed E-state index contributed by atoms with van der Waals surface area (Å²) >= 11 is 0. The van der Waals surface area contributed by atoms with E-state index in [1.165, 1.54) is 7.11 Å². The van der Waals surface area contributed by atoms with Gasteiger partial charge in [-0.05, 0) is 0 Å². The van der Waals surface area contributed by atoms with Crippen molar-refractivity contribution < 1.29 is 13.7 Å². The molecule has 42 valence electrons. The Balaban J connectivity index is -0.000000125. The number of nitrogens with two attached hydrogens (primary N) is 1. The van der Waals surface area contributed by atoms with Crippen molar-refractivity contribution in [2.75, 3.05) is 7.11 Å². The number of hydrogen-bond donors (Lipinski definition) is 1. The predicted octanol–water partition coefficient (Wildman–Crippen LogP) is -1.38. The fourth-order valence-electron chi connectivity index (χ4n) is 0.0481. The summed E-state index contributed by atoms with van der Waals surface area (Å²) in [4.78, 5) is 0. The fraction of sp³-hybridized carbons (Fsp3) is 1.00. The zero-order chi connectivity index (χ0) is 4.99. The Morgan fingerprint density at radius 2 is 1.88 bits per heavy atom. The Morgan fingerprint density at radius 1 is 1.50 bits per heavy atom. The van der Waals surface area contributed by atoms with E-state index in [1.54, 1.807) is 0 Å². The first-order valence-corrected chi connectivity index (χ1v) is 2.48. The van der Waals surface area contributed by atoms with Gasteiger partial charge < -0.3 is 4.52 Å². The van der Waals surface area contributed by atoms with Gasteiger partial charge in [0, 0.05) is 7.11 Å². The van der Waals surface area contributed by atoms with Crippen LogP contribution in [-0.4, -0.2) is 66.2 Å². The van der Waals surface area contributed by atoms with Crippen LogP contribution in [0.3, 0.4) is 0 Å². The van der Waals surface area contributed by atoms with E-state index in [0.29, 0.717) is 0 Å². The molecule has 0 radical (unpaired) electrons. The van der Waals surface area contributed by atoms with E-state index < -0.39 is 8.25 Å². The molecule has 0 spiro atoms. The van der Waals surface area contributed by atoms with Crippen molar-refractivity contribution >= 4 is 67.4 Å².